The lowest BCUT2D eigenvalue weighted by molar-refractivity contribution is 0.669. The van der Waals surface area contributed by atoms with Gasteiger partial charge in [0.05, 0.1) is 0 Å². The van der Waals surface area contributed by atoms with Crippen LogP contribution >= 0.6 is 0 Å². The molecule has 0 bridgehead atoms. The van der Waals surface area contributed by atoms with Crippen molar-refractivity contribution in [3.63, 3.8) is 0 Å². The molecule has 0 atom stereocenters. The van der Waals surface area contributed by atoms with E-state index in [0.29, 0.717) is 17.5 Å². The lowest BCUT2D eigenvalue weighted by Gasteiger charge is -2.10. The van der Waals surface area contributed by atoms with Crippen molar-refractivity contribution >= 4 is 21.9 Å². The highest BCUT2D eigenvalue weighted by molar-refractivity contribution is 6.13. The number of rotatable bonds is 7. The van der Waals surface area contributed by atoms with Crippen molar-refractivity contribution in [1.29, 1.82) is 0 Å². The van der Waals surface area contributed by atoms with Gasteiger partial charge in [-0.25, -0.2) is 15.0 Å². The molecule has 258 valence electrons. The zero-order chi connectivity index (χ0) is 36.6. The Kier molecular flexibility index (Phi) is 8.12. The molecule has 0 aliphatic carbocycles. The van der Waals surface area contributed by atoms with Gasteiger partial charge in [-0.15, -0.1) is 0 Å². The zero-order valence-electron chi connectivity index (χ0n) is 29.8. The molecule has 2 heterocycles. The van der Waals surface area contributed by atoms with Crippen molar-refractivity contribution in [1.82, 2.24) is 15.0 Å². The van der Waals surface area contributed by atoms with Crippen LogP contribution in [0.3, 0.4) is 0 Å². The molecule has 0 radical (unpaired) electrons. The molecule has 4 nitrogen and oxygen atoms in total. The van der Waals surface area contributed by atoms with Gasteiger partial charge in [-0.3, -0.25) is 0 Å². The lowest BCUT2D eigenvalue weighted by atomic mass is 9.96. The van der Waals surface area contributed by atoms with Crippen molar-refractivity contribution in [2.75, 3.05) is 0 Å². The summed E-state index contributed by atoms with van der Waals surface area (Å²) in [4.78, 5) is 15.0. The third kappa shape index (κ3) is 6.26. The van der Waals surface area contributed by atoms with Gasteiger partial charge in [-0.05, 0) is 68.8 Å². The molecule has 4 heteroatoms. The molecular formula is C51H33N3O. The number of benzene rings is 8. The van der Waals surface area contributed by atoms with Gasteiger partial charge in [0.1, 0.15) is 11.2 Å². The summed E-state index contributed by atoms with van der Waals surface area (Å²) in [5.74, 6) is 1.81. The van der Waals surface area contributed by atoms with Gasteiger partial charge < -0.3 is 4.42 Å². The SMILES string of the molecule is c1ccc(-c2ccc(-c3ccc(-c4nc(-c5ccccc5)nc(-c5ccc6c(c5)oc5cccc(-c7cccc(-c8ccccc8)c7)c56)n4)cc3)cc2)cc1. The lowest BCUT2D eigenvalue weighted by Crippen LogP contribution is -2.00. The summed E-state index contributed by atoms with van der Waals surface area (Å²) in [5.41, 5.74) is 13.6. The molecule has 0 saturated heterocycles. The molecule has 8 aromatic carbocycles. The Bertz CT molecular complexity index is 2940. The minimum absolute atomic E-state index is 0.586. The first-order valence-corrected chi connectivity index (χ1v) is 18.4. The summed E-state index contributed by atoms with van der Waals surface area (Å²) >= 11 is 0. The molecule has 0 aliphatic rings. The number of hydrogen-bond donors (Lipinski definition) is 0. The molecule has 0 unspecified atom stereocenters. The van der Waals surface area contributed by atoms with E-state index in [9.17, 15) is 0 Å². The highest BCUT2D eigenvalue weighted by Gasteiger charge is 2.17. The van der Waals surface area contributed by atoms with Gasteiger partial charge in [0, 0.05) is 27.5 Å². The predicted octanol–water partition coefficient (Wildman–Crippen LogP) is 13.4. The van der Waals surface area contributed by atoms with Crippen molar-refractivity contribution in [3.8, 4) is 78.7 Å². The molecular weight excluding hydrogens is 671 g/mol. The van der Waals surface area contributed by atoms with Gasteiger partial charge >= 0.3 is 0 Å². The first-order valence-electron chi connectivity index (χ1n) is 18.4. The van der Waals surface area contributed by atoms with Gasteiger partial charge in [0.15, 0.2) is 17.5 Å². The van der Waals surface area contributed by atoms with Gasteiger partial charge in [0.2, 0.25) is 0 Å². The average molecular weight is 704 g/mol. The van der Waals surface area contributed by atoms with Crippen LogP contribution in [0.25, 0.3) is 101 Å². The maximum Gasteiger partial charge on any atom is 0.164 e. The second kappa shape index (κ2) is 13.8. The molecule has 2 aromatic heterocycles. The third-order valence-electron chi connectivity index (χ3n) is 10.2. The molecule has 10 aromatic rings. The smallest absolute Gasteiger partial charge is 0.164 e. The van der Waals surface area contributed by atoms with E-state index in [-0.39, 0.29) is 0 Å². The molecule has 0 fully saturated rings. The molecule has 0 N–H and O–H groups in total. The Morgan fingerprint density at radius 2 is 0.691 bits per heavy atom. The highest BCUT2D eigenvalue weighted by atomic mass is 16.3. The van der Waals surface area contributed by atoms with Crippen LogP contribution in [0.2, 0.25) is 0 Å². The van der Waals surface area contributed by atoms with E-state index in [4.69, 9.17) is 19.4 Å². The Hall–Kier alpha value is -7.43. The Morgan fingerprint density at radius 3 is 1.29 bits per heavy atom. The maximum atomic E-state index is 6.54. The molecule has 0 aliphatic heterocycles. The topological polar surface area (TPSA) is 51.8 Å². The van der Waals surface area contributed by atoms with E-state index in [0.717, 1.165) is 60.9 Å². The first-order chi connectivity index (χ1) is 27.2. The standard InChI is InChI=1S/C51H33N3O/c1-4-12-34(13-5-1)36-22-24-37(25-23-36)38-26-28-40(29-27-38)50-52-49(39-16-8-3-9-17-39)53-51(54-50)43-30-31-45-47(33-43)55-46-21-11-20-44(48(45)46)42-19-10-18-41(32-42)35-14-6-2-7-15-35/h1-33H. The van der Waals surface area contributed by atoms with Crippen molar-refractivity contribution in [2.24, 2.45) is 0 Å². The van der Waals surface area contributed by atoms with Crippen LogP contribution < -0.4 is 0 Å². The molecule has 0 amide bonds. The number of aromatic nitrogens is 3. The fourth-order valence-corrected chi connectivity index (χ4v) is 7.35. The van der Waals surface area contributed by atoms with Crippen molar-refractivity contribution in [2.45, 2.75) is 0 Å². The summed E-state index contributed by atoms with van der Waals surface area (Å²) in [6, 6.07) is 69.4. The average Bonchev–Trinajstić information content (AvgIpc) is 3.66. The molecule has 0 spiro atoms. The van der Waals surface area contributed by atoms with Crippen LogP contribution in [0.4, 0.5) is 0 Å². The van der Waals surface area contributed by atoms with E-state index in [1.807, 2.05) is 48.5 Å². The van der Waals surface area contributed by atoms with Crippen molar-refractivity contribution < 1.29 is 4.42 Å². The van der Waals surface area contributed by atoms with E-state index in [2.05, 4.69) is 152 Å². The van der Waals surface area contributed by atoms with E-state index < -0.39 is 0 Å². The van der Waals surface area contributed by atoms with E-state index >= 15 is 0 Å². The molecule has 10 rings (SSSR count). The predicted molar refractivity (Wildman–Crippen MR) is 225 cm³/mol. The van der Waals surface area contributed by atoms with Crippen LogP contribution in [-0.4, -0.2) is 15.0 Å². The fourth-order valence-electron chi connectivity index (χ4n) is 7.35. The van der Waals surface area contributed by atoms with E-state index in [1.54, 1.807) is 0 Å². The summed E-state index contributed by atoms with van der Waals surface area (Å²) in [6.45, 7) is 0. The second-order valence-corrected chi connectivity index (χ2v) is 13.6. The number of hydrogen-bond acceptors (Lipinski definition) is 4. The third-order valence-corrected chi connectivity index (χ3v) is 10.2. The summed E-state index contributed by atoms with van der Waals surface area (Å²) in [7, 11) is 0. The normalized spacial score (nSPS) is 11.3. The quantitative estimate of drug-likeness (QED) is 0.166. The first kappa shape index (κ1) is 32.2. The fraction of sp³-hybridized carbons (Fsp3) is 0. The number of furan rings is 1. The largest absolute Gasteiger partial charge is 0.456 e. The Labute approximate surface area is 319 Å². The number of nitrogens with zero attached hydrogens (tertiary/aromatic N) is 3. The van der Waals surface area contributed by atoms with Crippen LogP contribution in [0.15, 0.2) is 205 Å². The van der Waals surface area contributed by atoms with Crippen LogP contribution in [-0.2, 0) is 0 Å². The number of fused-ring (bicyclic) bond motifs is 3. The zero-order valence-corrected chi connectivity index (χ0v) is 29.8. The van der Waals surface area contributed by atoms with Gasteiger partial charge in [-0.2, -0.15) is 0 Å². The van der Waals surface area contributed by atoms with Gasteiger partial charge in [-0.1, -0.05) is 176 Å². The van der Waals surface area contributed by atoms with Crippen LogP contribution in [0.1, 0.15) is 0 Å². The second-order valence-electron chi connectivity index (χ2n) is 13.6. The summed E-state index contributed by atoms with van der Waals surface area (Å²) in [6.07, 6.45) is 0. The van der Waals surface area contributed by atoms with Gasteiger partial charge in [0.25, 0.3) is 0 Å². The summed E-state index contributed by atoms with van der Waals surface area (Å²) in [5, 5.41) is 2.13. The van der Waals surface area contributed by atoms with E-state index in [1.165, 1.54) is 22.3 Å². The van der Waals surface area contributed by atoms with Crippen LogP contribution in [0, 0.1) is 0 Å². The maximum absolute atomic E-state index is 6.54. The molecule has 55 heavy (non-hydrogen) atoms. The highest BCUT2D eigenvalue weighted by Crippen LogP contribution is 2.39. The Balaban J connectivity index is 1.02. The monoisotopic (exact) mass is 703 g/mol. The minimum Gasteiger partial charge on any atom is -0.456 e. The van der Waals surface area contributed by atoms with Crippen LogP contribution in [0.5, 0.6) is 0 Å². The molecule has 0 saturated carbocycles. The minimum atomic E-state index is 0.586. The summed E-state index contributed by atoms with van der Waals surface area (Å²) < 4.78 is 6.54. The Morgan fingerprint density at radius 1 is 0.273 bits per heavy atom. The van der Waals surface area contributed by atoms with Crippen molar-refractivity contribution in [3.05, 3.63) is 200 Å².